The molecule has 1 saturated heterocycles. The Morgan fingerprint density at radius 1 is 1.53 bits per heavy atom. The lowest BCUT2D eigenvalue weighted by Crippen LogP contribution is -2.26. The van der Waals surface area contributed by atoms with Crippen LogP contribution in [0.4, 0.5) is 0 Å². The molecule has 0 radical (unpaired) electrons. The molecule has 0 amide bonds. The molecule has 0 spiro atoms. The van der Waals surface area contributed by atoms with Crippen molar-refractivity contribution in [2.45, 2.75) is 31.9 Å². The third kappa shape index (κ3) is 3.41. The Balaban J connectivity index is 1.73. The normalized spacial score (nSPS) is 20.7. The van der Waals surface area contributed by atoms with E-state index in [1.54, 1.807) is 6.20 Å². The molecule has 1 aromatic rings. The van der Waals surface area contributed by atoms with E-state index in [4.69, 9.17) is 9.84 Å². The van der Waals surface area contributed by atoms with Crippen molar-refractivity contribution in [1.82, 2.24) is 9.88 Å². The van der Waals surface area contributed by atoms with Crippen LogP contribution in [0, 0.1) is 0 Å². The predicted octanol–water partition coefficient (Wildman–Crippen LogP) is 1.44. The Labute approximate surface area is 102 Å². The summed E-state index contributed by atoms with van der Waals surface area (Å²) in [6.07, 6.45) is 5.28. The Morgan fingerprint density at radius 3 is 3.00 bits per heavy atom. The SMILES string of the molecule is CN1CCCC1CCOc1ccc(CO)cn1. The Hall–Kier alpha value is -1.13. The van der Waals surface area contributed by atoms with Crippen LogP contribution in [0.3, 0.4) is 0 Å². The quantitative estimate of drug-likeness (QED) is 0.840. The summed E-state index contributed by atoms with van der Waals surface area (Å²) in [6.45, 7) is 1.94. The maximum absolute atomic E-state index is 8.89. The molecule has 0 bridgehead atoms. The van der Waals surface area contributed by atoms with Crippen molar-refractivity contribution in [1.29, 1.82) is 0 Å². The molecule has 0 aromatic carbocycles. The number of hydrogen-bond donors (Lipinski definition) is 1. The minimum Gasteiger partial charge on any atom is -0.478 e. The number of rotatable bonds is 5. The summed E-state index contributed by atoms with van der Waals surface area (Å²) < 4.78 is 5.60. The highest BCUT2D eigenvalue weighted by Gasteiger charge is 2.20. The van der Waals surface area contributed by atoms with E-state index in [1.165, 1.54) is 19.4 Å². The van der Waals surface area contributed by atoms with Crippen molar-refractivity contribution in [3.05, 3.63) is 23.9 Å². The van der Waals surface area contributed by atoms with Gasteiger partial charge in [-0.15, -0.1) is 0 Å². The molecule has 1 atom stereocenters. The molecule has 2 heterocycles. The van der Waals surface area contributed by atoms with Crippen molar-refractivity contribution in [2.75, 3.05) is 20.2 Å². The largest absolute Gasteiger partial charge is 0.478 e. The topological polar surface area (TPSA) is 45.6 Å². The highest BCUT2D eigenvalue weighted by atomic mass is 16.5. The average molecular weight is 236 g/mol. The van der Waals surface area contributed by atoms with Crippen LogP contribution in [0.15, 0.2) is 18.3 Å². The van der Waals surface area contributed by atoms with Gasteiger partial charge in [-0.25, -0.2) is 4.98 Å². The summed E-state index contributed by atoms with van der Waals surface area (Å²) in [5.74, 6) is 0.642. The number of pyridine rings is 1. The molecule has 1 fully saturated rings. The molecule has 1 aliphatic rings. The molecule has 1 aromatic heterocycles. The zero-order valence-electron chi connectivity index (χ0n) is 10.3. The number of hydrogen-bond acceptors (Lipinski definition) is 4. The molecular formula is C13H20N2O2. The van der Waals surface area contributed by atoms with Gasteiger partial charge in [0.15, 0.2) is 0 Å². The summed E-state index contributed by atoms with van der Waals surface area (Å²) in [4.78, 5) is 6.53. The molecule has 17 heavy (non-hydrogen) atoms. The van der Waals surface area contributed by atoms with Gasteiger partial charge in [-0.3, -0.25) is 0 Å². The Bertz CT molecular complexity index is 340. The molecule has 0 saturated carbocycles. The van der Waals surface area contributed by atoms with Gasteiger partial charge in [-0.2, -0.15) is 0 Å². The smallest absolute Gasteiger partial charge is 0.213 e. The third-order valence-corrected chi connectivity index (χ3v) is 3.35. The first-order valence-electron chi connectivity index (χ1n) is 6.18. The molecule has 1 aliphatic heterocycles. The number of aliphatic hydroxyl groups is 1. The summed E-state index contributed by atoms with van der Waals surface area (Å²) >= 11 is 0. The van der Waals surface area contributed by atoms with Crippen LogP contribution in [0.5, 0.6) is 5.88 Å². The summed E-state index contributed by atoms with van der Waals surface area (Å²) in [5.41, 5.74) is 0.813. The molecule has 1 unspecified atom stereocenters. The monoisotopic (exact) mass is 236 g/mol. The Morgan fingerprint density at radius 2 is 2.41 bits per heavy atom. The molecule has 4 heteroatoms. The van der Waals surface area contributed by atoms with Gasteiger partial charge in [-0.1, -0.05) is 0 Å². The number of ether oxygens (including phenoxy) is 1. The number of nitrogens with zero attached hydrogens (tertiary/aromatic N) is 2. The van der Waals surface area contributed by atoms with E-state index < -0.39 is 0 Å². The second-order valence-corrected chi connectivity index (χ2v) is 4.58. The maximum Gasteiger partial charge on any atom is 0.213 e. The van der Waals surface area contributed by atoms with Crippen LogP contribution in [0.1, 0.15) is 24.8 Å². The lowest BCUT2D eigenvalue weighted by atomic mass is 10.1. The van der Waals surface area contributed by atoms with Gasteiger partial charge in [0.25, 0.3) is 0 Å². The second kappa shape index (κ2) is 5.98. The number of aromatic nitrogens is 1. The molecule has 4 nitrogen and oxygen atoms in total. The van der Waals surface area contributed by atoms with Crippen LogP contribution < -0.4 is 4.74 Å². The first kappa shape index (κ1) is 12.3. The van der Waals surface area contributed by atoms with Crippen molar-refractivity contribution in [3.8, 4) is 5.88 Å². The second-order valence-electron chi connectivity index (χ2n) is 4.58. The molecule has 94 valence electrons. The van der Waals surface area contributed by atoms with Gasteiger partial charge in [0.1, 0.15) is 0 Å². The molecule has 2 rings (SSSR count). The van der Waals surface area contributed by atoms with Gasteiger partial charge in [-0.05, 0) is 44.5 Å². The highest BCUT2D eigenvalue weighted by Crippen LogP contribution is 2.18. The molecule has 1 N–H and O–H groups in total. The standard InChI is InChI=1S/C13H20N2O2/c1-15-7-2-3-12(15)6-8-17-13-5-4-11(10-16)9-14-13/h4-5,9,12,16H,2-3,6-8,10H2,1H3. The van der Waals surface area contributed by atoms with Crippen LogP contribution in [0.25, 0.3) is 0 Å². The summed E-state index contributed by atoms with van der Waals surface area (Å²) in [6, 6.07) is 4.31. The fourth-order valence-electron chi connectivity index (χ4n) is 2.23. The van der Waals surface area contributed by atoms with E-state index in [0.717, 1.165) is 12.0 Å². The first-order valence-corrected chi connectivity index (χ1v) is 6.18. The summed E-state index contributed by atoms with van der Waals surface area (Å²) in [7, 11) is 2.17. The van der Waals surface area contributed by atoms with Crippen molar-refractivity contribution in [3.63, 3.8) is 0 Å². The van der Waals surface area contributed by atoms with Crippen molar-refractivity contribution < 1.29 is 9.84 Å². The lowest BCUT2D eigenvalue weighted by molar-refractivity contribution is 0.228. The maximum atomic E-state index is 8.89. The van der Waals surface area contributed by atoms with Crippen molar-refractivity contribution >= 4 is 0 Å². The average Bonchev–Trinajstić information content (AvgIpc) is 2.76. The van der Waals surface area contributed by atoms with E-state index in [-0.39, 0.29) is 6.61 Å². The van der Waals surface area contributed by atoms with Crippen LogP contribution in [-0.4, -0.2) is 41.2 Å². The lowest BCUT2D eigenvalue weighted by Gasteiger charge is -2.18. The van der Waals surface area contributed by atoms with Gasteiger partial charge >= 0.3 is 0 Å². The van der Waals surface area contributed by atoms with E-state index in [0.29, 0.717) is 18.5 Å². The van der Waals surface area contributed by atoms with E-state index >= 15 is 0 Å². The number of likely N-dealkylation sites (tertiary alicyclic amines) is 1. The molecule has 0 aliphatic carbocycles. The van der Waals surface area contributed by atoms with Gasteiger partial charge in [0.2, 0.25) is 5.88 Å². The first-order chi connectivity index (χ1) is 8.29. The fraction of sp³-hybridized carbons (Fsp3) is 0.615. The fourth-order valence-corrected chi connectivity index (χ4v) is 2.23. The molecular weight excluding hydrogens is 216 g/mol. The zero-order chi connectivity index (χ0) is 12.1. The van der Waals surface area contributed by atoms with Gasteiger partial charge in [0.05, 0.1) is 13.2 Å². The summed E-state index contributed by atoms with van der Waals surface area (Å²) in [5, 5.41) is 8.89. The van der Waals surface area contributed by atoms with Crippen LogP contribution in [-0.2, 0) is 6.61 Å². The van der Waals surface area contributed by atoms with Crippen LogP contribution in [0.2, 0.25) is 0 Å². The number of aliphatic hydroxyl groups excluding tert-OH is 1. The minimum atomic E-state index is 0.0279. The van der Waals surface area contributed by atoms with Crippen molar-refractivity contribution in [2.24, 2.45) is 0 Å². The van der Waals surface area contributed by atoms with E-state index in [2.05, 4.69) is 16.9 Å². The van der Waals surface area contributed by atoms with Gasteiger partial charge < -0.3 is 14.7 Å². The third-order valence-electron chi connectivity index (χ3n) is 3.35. The minimum absolute atomic E-state index is 0.0279. The highest BCUT2D eigenvalue weighted by molar-refractivity contribution is 5.16. The predicted molar refractivity (Wildman–Crippen MR) is 65.9 cm³/mol. The van der Waals surface area contributed by atoms with Crippen LogP contribution >= 0.6 is 0 Å². The van der Waals surface area contributed by atoms with E-state index in [9.17, 15) is 0 Å². The van der Waals surface area contributed by atoms with E-state index in [1.807, 2.05) is 12.1 Å². The zero-order valence-corrected chi connectivity index (χ0v) is 10.3. The Kier molecular flexibility index (Phi) is 4.34. The van der Waals surface area contributed by atoms with Gasteiger partial charge in [0, 0.05) is 18.3 Å².